The maximum atomic E-state index is 13.6. The van der Waals surface area contributed by atoms with Crippen molar-refractivity contribution in [1.82, 2.24) is 14.9 Å². The summed E-state index contributed by atoms with van der Waals surface area (Å²) in [6.45, 7) is 7.07. The molecule has 2 aromatic heterocycles. The maximum Gasteiger partial charge on any atom is 0.410 e. The third kappa shape index (κ3) is 9.29. The number of pyridine rings is 2. The number of nitrogens with one attached hydrogen (secondary N) is 2. The molecule has 1 aliphatic rings. The van der Waals surface area contributed by atoms with E-state index in [0.29, 0.717) is 55.7 Å². The predicted molar refractivity (Wildman–Crippen MR) is 165 cm³/mol. The molecule has 0 atom stereocenters. The molecule has 0 spiro atoms. The standard InChI is InChI=1S/C31H36ClN5O7/c1-31(2,3)44-30(40)37-14-11-21(12-15-37)43-25-18-22(42-17-16-41-4)8-9-23(25)28(38)35-24-6-5-13-33-27(24)29(39)36-26-10-7-20(32)19-34-26/h5-10,13,18-19,21H,11-12,14-17H2,1-4H3,(H,35,38)(H,34,36,39). The number of halogens is 1. The van der Waals surface area contributed by atoms with Crippen molar-refractivity contribution in [2.45, 2.75) is 45.3 Å². The van der Waals surface area contributed by atoms with Crippen molar-refractivity contribution in [3.63, 3.8) is 0 Å². The smallest absolute Gasteiger partial charge is 0.410 e. The lowest BCUT2D eigenvalue weighted by atomic mass is 10.1. The first-order valence-corrected chi connectivity index (χ1v) is 14.5. The van der Waals surface area contributed by atoms with Crippen LogP contribution in [0.2, 0.25) is 5.02 Å². The maximum absolute atomic E-state index is 13.6. The van der Waals surface area contributed by atoms with Crippen LogP contribution in [0.1, 0.15) is 54.5 Å². The van der Waals surface area contributed by atoms with Gasteiger partial charge in [-0.1, -0.05) is 11.6 Å². The number of carbonyl (C=O) groups is 3. The largest absolute Gasteiger partial charge is 0.491 e. The van der Waals surface area contributed by atoms with Gasteiger partial charge in [-0.3, -0.25) is 9.59 Å². The van der Waals surface area contributed by atoms with Gasteiger partial charge in [0.15, 0.2) is 5.69 Å². The molecule has 2 N–H and O–H groups in total. The molecular weight excluding hydrogens is 590 g/mol. The molecule has 0 radical (unpaired) electrons. The highest BCUT2D eigenvalue weighted by Gasteiger charge is 2.29. The Morgan fingerprint density at radius 1 is 1.00 bits per heavy atom. The van der Waals surface area contributed by atoms with Gasteiger partial charge in [0.1, 0.15) is 35.6 Å². The first kappa shape index (κ1) is 32.5. The summed E-state index contributed by atoms with van der Waals surface area (Å²) >= 11 is 5.88. The van der Waals surface area contributed by atoms with E-state index in [1.54, 1.807) is 54.5 Å². The van der Waals surface area contributed by atoms with Crippen LogP contribution in [0.5, 0.6) is 11.5 Å². The number of nitrogens with zero attached hydrogens (tertiary/aromatic N) is 3. The second-order valence-electron chi connectivity index (χ2n) is 11.0. The van der Waals surface area contributed by atoms with Crippen LogP contribution in [-0.4, -0.2) is 77.9 Å². The number of hydrogen-bond donors (Lipinski definition) is 2. The zero-order valence-corrected chi connectivity index (χ0v) is 25.8. The van der Waals surface area contributed by atoms with Crippen LogP contribution in [0.15, 0.2) is 54.9 Å². The highest BCUT2D eigenvalue weighted by molar-refractivity contribution is 6.30. The summed E-state index contributed by atoms with van der Waals surface area (Å²) in [7, 11) is 1.58. The quantitative estimate of drug-likeness (QED) is 0.282. The van der Waals surface area contributed by atoms with Crippen molar-refractivity contribution in [2.75, 3.05) is 44.0 Å². The summed E-state index contributed by atoms with van der Waals surface area (Å²) in [5, 5.41) is 5.86. The third-order valence-electron chi connectivity index (χ3n) is 6.38. The second kappa shape index (κ2) is 14.8. The van der Waals surface area contributed by atoms with Gasteiger partial charge in [0.05, 0.1) is 22.9 Å². The average molecular weight is 626 g/mol. The van der Waals surface area contributed by atoms with Crippen molar-refractivity contribution in [3.05, 3.63) is 71.1 Å². The third-order valence-corrected chi connectivity index (χ3v) is 6.60. The Bertz CT molecular complexity index is 1450. The number of piperidine rings is 1. The lowest BCUT2D eigenvalue weighted by molar-refractivity contribution is 0.0126. The minimum atomic E-state index is -0.586. The van der Waals surface area contributed by atoms with E-state index in [-0.39, 0.29) is 35.0 Å². The number of hydrogen-bond acceptors (Lipinski definition) is 9. The SMILES string of the molecule is COCCOc1ccc(C(=O)Nc2cccnc2C(=O)Nc2ccc(Cl)cn2)c(OC2CCN(C(=O)OC(C)(C)C)CC2)c1. The molecule has 3 amide bonds. The number of aromatic nitrogens is 2. The Hall–Kier alpha value is -4.42. The summed E-state index contributed by atoms with van der Waals surface area (Å²) in [5.74, 6) is -0.00276. The van der Waals surface area contributed by atoms with Crippen LogP contribution in [-0.2, 0) is 9.47 Å². The van der Waals surface area contributed by atoms with E-state index in [1.807, 2.05) is 20.8 Å². The van der Waals surface area contributed by atoms with Gasteiger partial charge in [0.25, 0.3) is 11.8 Å². The van der Waals surface area contributed by atoms with Crippen molar-refractivity contribution >= 4 is 41.0 Å². The summed E-state index contributed by atoms with van der Waals surface area (Å²) in [4.78, 5) is 49.0. The van der Waals surface area contributed by atoms with E-state index >= 15 is 0 Å². The van der Waals surface area contributed by atoms with Gasteiger partial charge in [0.2, 0.25) is 0 Å². The molecule has 12 nitrogen and oxygen atoms in total. The number of carbonyl (C=O) groups excluding carboxylic acids is 3. The molecule has 0 saturated carbocycles. The van der Waals surface area contributed by atoms with Gasteiger partial charge < -0.3 is 34.5 Å². The van der Waals surface area contributed by atoms with Crippen LogP contribution >= 0.6 is 11.6 Å². The number of amides is 3. The molecule has 1 aromatic carbocycles. The Balaban J connectivity index is 1.50. The van der Waals surface area contributed by atoms with Gasteiger partial charge in [-0.15, -0.1) is 0 Å². The van der Waals surface area contributed by atoms with Crippen molar-refractivity contribution < 1.29 is 33.3 Å². The van der Waals surface area contributed by atoms with Gasteiger partial charge in [-0.05, 0) is 57.2 Å². The molecule has 1 fully saturated rings. The minimum Gasteiger partial charge on any atom is -0.491 e. The van der Waals surface area contributed by atoms with Crippen LogP contribution in [0.4, 0.5) is 16.3 Å². The van der Waals surface area contributed by atoms with Crippen LogP contribution < -0.4 is 20.1 Å². The molecular formula is C31H36ClN5O7. The molecule has 1 aliphatic heterocycles. The zero-order valence-electron chi connectivity index (χ0n) is 25.1. The topological polar surface area (TPSA) is 141 Å². The fourth-order valence-corrected chi connectivity index (χ4v) is 4.40. The van der Waals surface area contributed by atoms with Crippen molar-refractivity contribution in [1.29, 1.82) is 0 Å². The van der Waals surface area contributed by atoms with Gasteiger partial charge in [0, 0.05) is 51.5 Å². The van der Waals surface area contributed by atoms with E-state index in [0.717, 1.165) is 0 Å². The first-order valence-electron chi connectivity index (χ1n) is 14.1. The van der Waals surface area contributed by atoms with E-state index in [2.05, 4.69) is 20.6 Å². The Labute approximate surface area is 261 Å². The molecule has 13 heteroatoms. The second-order valence-corrected chi connectivity index (χ2v) is 11.4. The number of rotatable bonds is 10. The van der Waals surface area contributed by atoms with E-state index in [4.69, 9.17) is 30.5 Å². The zero-order chi connectivity index (χ0) is 31.7. The Morgan fingerprint density at radius 3 is 2.45 bits per heavy atom. The molecule has 44 heavy (non-hydrogen) atoms. The molecule has 3 aromatic rings. The lowest BCUT2D eigenvalue weighted by Crippen LogP contribution is -2.44. The van der Waals surface area contributed by atoms with E-state index < -0.39 is 17.4 Å². The van der Waals surface area contributed by atoms with Crippen LogP contribution in [0.25, 0.3) is 0 Å². The number of anilines is 2. The fraction of sp³-hybridized carbons (Fsp3) is 0.387. The molecule has 1 saturated heterocycles. The minimum absolute atomic E-state index is 0.00546. The van der Waals surface area contributed by atoms with Gasteiger partial charge >= 0.3 is 6.09 Å². The summed E-state index contributed by atoms with van der Waals surface area (Å²) in [6, 6.07) is 11.2. The highest BCUT2D eigenvalue weighted by atomic mass is 35.5. The van der Waals surface area contributed by atoms with Crippen molar-refractivity contribution in [2.24, 2.45) is 0 Å². The van der Waals surface area contributed by atoms with Gasteiger partial charge in [-0.2, -0.15) is 0 Å². The van der Waals surface area contributed by atoms with E-state index in [1.165, 1.54) is 12.4 Å². The number of methoxy groups -OCH3 is 1. The predicted octanol–water partition coefficient (Wildman–Crippen LogP) is 5.44. The monoisotopic (exact) mass is 625 g/mol. The van der Waals surface area contributed by atoms with Crippen LogP contribution in [0.3, 0.4) is 0 Å². The normalized spacial score (nSPS) is 13.6. The fourth-order valence-electron chi connectivity index (χ4n) is 4.28. The van der Waals surface area contributed by atoms with E-state index in [9.17, 15) is 14.4 Å². The number of likely N-dealkylation sites (tertiary alicyclic amines) is 1. The molecule has 0 aliphatic carbocycles. The summed E-state index contributed by atoms with van der Waals surface area (Å²) in [6.07, 6.45) is 3.31. The number of benzene rings is 1. The van der Waals surface area contributed by atoms with Crippen LogP contribution in [0, 0.1) is 0 Å². The Kier molecular flexibility index (Phi) is 11.0. The summed E-state index contributed by atoms with van der Waals surface area (Å²) < 4.78 is 22.6. The van der Waals surface area contributed by atoms with Crippen molar-refractivity contribution in [3.8, 4) is 11.5 Å². The first-order chi connectivity index (χ1) is 21.0. The average Bonchev–Trinajstić information content (AvgIpc) is 2.98. The molecule has 4 rings (SSSR count). The molecule has 0 bridgehead atoms. The highest BCUT2D eigenvalue weighted by Crippen LogP contribution is 2.30. The summed E-state index contributed by atoms with van der Waals surface area (Å²) in [5.41, 5.74) is -0.166. The Morgan fingerprint density at radius 2 is 1.77 bits per heavy atom. The lowest BCUT2D eigenvalue weighted by Gasteiger charge is -2.33. The van der Waals surface area contributed by atoms with Gasteiger partial charge in [-0.25, -0.2) is 14.8 Å². The number of ether oxygens (including phenoxy) is 4. The molecule has 234 valence electrons. The molecule has 0 unspecified atom stereocenters. The molecule has 3 heterocycles.